The summed E-state index contributed by atoms with van der Waals surface area (Å²) in [5.41, 5.74) is 0.786. The zero-order valence-corrected chi connectivity index (χ0v) is 12.3. The van der Waals surface area contributed by atoms with E-state index in [1.165, 1.54) is 12.1 Å². The maximum atomic E-state index is 12.5. The molecule has 0 bridgehead atoms. The van der Waals surface area contributed by atoms with Gasteiger partial charge in [-0.3, -0.25) is 9.69 Å². The maximum Gasteiger partial charge on any atom is 0.416 e. The van der Waals surface area contributed by atoms with Gasteiger partial charge in [-0.1, -0.05) is 0 Å². The van der Waals surface area contributed by atoms with Crippen molar-refractivity contribution in [3.8, 4) is 0 Å². The second kappa shape index (κ2) is 6.08. The molecule has 3 rings (SSSR count). The van der Waals surface area contributed by atoms with Gasteiger partial charge in [-0.15, -0.1) is 0 Å². The molecule has 7 heteroatoms. The van der Waals surface area contributed by atoms with Crippen LogP contribution in [0, 0.1) is 0 Å². The van der Waals surface area contributed by atoms with Crippen molar-refractivity contribution in [2.24, 2.45) is 0 Å². The van der Waals surface area contributed by atoms with Crippen LogP contribution in [0.3, 0.4) is 0 Å². The van der Waals surface area contributed by atoms with E-state index in [9.17, 15) is 18.0 Å². The third kappa shape index (κ3) is 3.73. The van der Waals surface area contributed by atoms with Gasteiger partial charge in [0.1, 0.15) is 0 Å². The van der Waals surface area contributed by atoms with Crippen molar-refractivity contribution < 1.29 is 18.0 Å². The number of hydrogen-bond acceptors (Lipinski definition) is 2. The lowest BCUT2D eigenvalue weighted by Gasteiger charge is -2.27. The van der Waals surface area contributed by atoms with Gasteiger partial charge in [0, 0.05) is 37.2 Å². The number of alkyl halides is 3. The van der Waals surface area contributed by atoms with Crippen LogP contribution in [-0.2, 0) is 24.1 Å². The molecule has 0 radical (unpaired) electrons. The molecule has 0 spiro atoms. The smallest absolute Gasteiger partial charge is 0.349 e. The van der Waals surface area contributed by atoms with Crippen molar-refractivity contribution >= 4 is 11.6 Å². The summed E-state index contributed by atoms with van der Waals surface area (Å²) < 4.78 is 39.6. The van der Waals surface area contributed by atoms with Crippen LogP contribution in [0.1, 0.15) is 11.3 Å². The Balaban J connectivity index is 1.56. The summed E-state index contributed by atoms with van der Waals surface area (Å²) >= 11 is 0. The Labute approximate surface area is 131 Å². The summed E-state index contributed by atoms with van der Waals surface area (Å²) in [6, 6.07) is 8.44. The zero-order chi connectivity index (χ0) is 16.4. The third-order valence-corrected chi connectivity index (χ3v) is 3.83. The van der Waals surface area contributed by atoms with Gasteiger partial charge in [0.2, 0.25) is 5.91 Å². The average molecular weight is 323 g/mol. The van der Waals surface area contributed by atoms with E-state index >= 15 is 0 Å². The first-order valence-corrected chi connectivity index (χ1v) is 7.25. The number of aromatic nitrogens is 1. The van der Waals surface area contributed by atoms with Gasteiger partial charge >= 0.3 is 6.18 Å². The van der Waals surface area contributed by atoms with Crippen LogP contribution in [0.2, 0.25) is 0 Å². The van der Waals surface area contributed by atoms with Gasteiger partial charge in [0.25, 0.3) is 0 Å². The number of anilines is 1. The van der Waals surface area contributed by atoms with Gasteiger partial charge in [-0.25, -0.2) is 0 Å². The number of nitrogens with one attached hydrogen (secondary N) is 1. The fourth-order valence-electron chi connectivity index (χ4n) is 2.65. The van der Waals surface area contributed by atoms with Gasteiger partial charge in [-0.2, -0.15) is 13.2 Å². The SMILES string of the molecule is O=C(CN1CCn2cccc2C1)Nc1ccc(C(F)(F)F)cc1. The van der Waals surface area contributed by atoms with E-state index in [-0.39, 0.29) is 12.5 Å². The molecule has 1 aromatic carbocycles. The van der Waals surface area contributed by atoms with Crippen LogP contribution in [0.25, 0.3) is 0 Å². The summed E-state index contributed by atoms with van der Waals surface area (Å²) in [6.45, 7) is 2.50. The molecule has 1 N–H and O–H groups in total. The summed E-state index contributed by atoms with van der Waals surface area (Å²) in [5.74, 6) is -0.232. The normalized spacial score (nSPS) is 15.3. The second-order valence-electron chi connectivity index (χ2n) is 5.53. The predicted molar refractivity (Wildman–Crippen MR) is 79.8 cm³/mol. The molecule has 0 saturated heterocycles. The number of fused-ring (bicyclic) bond motifs is 1. The first-order chi connectivity index (χ1) is 10.9. The molecule has 0 saturated carbocycles. The molecular formula is C16H16F3N3O. The van der Waals surface area contributed by atoms with Crippen LogP contribution in [0.15, 0.2) is 42.6 Å². The first-order valence-electron chi connectivity index (χ1n) is 7.25. The van der Waals surface area contributed by atoms with Gasteiger partial charge < -0.3 is 9.88 Å². The topological polar surface area (TPSA) is 37.3 Å². The average Bonchev–Trinajstić information content (AvgIpc) is 2.94. The third-order valence-electron chi connectivity index (χ3n) is 3.83. The number of carbonyl (C=O) groups excluding carboxylic acids is 1. The molecule has 1 aromatic heterocycles. The van der Waals surface area contributed by atoms with E-state index in [1.54, 1.807) is 0 Å². The van der Waals surface area contributed by atoms with Gasteiger partial charge in [0.15, 0.2) is 0 Å². The summed E-state index contributed by atoms with van der Waals surface area (Å²) in [6.07, 6.45) is -2.36. The number of halogens is 3. The van der Waals surface area contributed by atoms with Crippen molar-refractivity contribution in [3.05, 3.63) is 53.9 Å². The van der Waals surface area contributed by atoms with Crippen LogP contribution in [0.5, 0.6) is 0 Å². The van der Waals surface area contributed by atoms with Crippen molar-refractivity contribution in [2.45, 2.75) is 19.3 Å². The number of carbonyl (C=O) groups is 1. The predicted octanol–water partition coefficient (Wildman–Crippen LogP) is 2.96. The van der Waals surface area contributed by atoms with Crippen molar-refractivity contribution in [3.63, 3.8) is 0 Å². The molecule has 0 aliphatic carbocycles. The molecule has 1 aliphatic rings. The molecule has 1 aliphatic heterocycles. The van der Waals surface area contributed by atoms with Crippen LogP contribution >= 0.6 is 0 Å². The summed E-state index contributed by atoms with van der Waals surface area (Å²) in [4.78, 5) is 14.0. The highest BCUT2D eigenvalue weighted by atomic mass is 19.4. The molecule has 0 atom stereocenters. The Hall–Kier alpha value is -2.28. The van der Waals surface area contributed by atoms with Gasteiger partial charge in [-0.05, 0) is 36.4 Å². The van der Waals surface area contributed by atoms with Gasteiger partial charge in [0.05, 0.1) is 12.1 Å². The standard InChI is InChI=1S/C16H16F3N3O/c17-16(18,19)12-3-5-13(6-4-12)20-15(23)11-21-8-9-22-7-1-2-14(22)10-21/h1-7H,8-11H2,(H,20,23). The zero-order valence-electron chi connectivity index (χ0n) is 12.3. The molecule has 4 nitrogen and oxygen atoms in total. The van der Waals surface area contributed by atoms with Crippen LogP contribution in [0.4, 0.5) is 18.9 Å². The molecule has 2 aromatic rings. The molecule has 0 fully saturated rings. The molecule has 1 amide bonds. The molecule has 23 heavy (non-hydrogen) atoms. The summed E-state index contributed by atoms with van der Waals surface area (Å²) in [5, 5.41) is 2.63. The van der Waals surface area contributed by atoms with E-state index in [0.29, 0.717) is 12.2 Å². The van der Waals surface area contributed by atoms with E-state index in [0.717, 1.165) is 30.9 Å². The number of nitrogens with zero attached hydrogens (tertiary/aromatic N) is 2. The fraction of sp³-hybridized carbons (Fsp3) is 0.312. The molecular weight excluding hydrogens is 307 g/mol. The Kier molecular flexibility index (Phi) is 4.12. The largest absolute Gasteiger partial charge is 0.416 e. The van der Waals surface area contributed by atoms with Crippen LogP contribution < -0.4 is 5.32 Å². The van der Waals surface area contributed by atoms with E-state index < -0.39 is 11.7 Å². The quantitative estimate of drug-likeness (QED) is 0.943. The van der Waals surface area contributed by atoms with Crippen molar-refractivity contribution in [1.82, 2.24) is 9.47 Å². The second-order valence-corrected chi connectivity index (χ2v) is 5.53. The Morgan fingerprint density at radius 3 is 2.57 bits per heavy atom. The Morgan fingerprint density at radius 2 is 1.87 bits per heavy atom. The summed E-state index contributed by atoms with van der Waals surface area (Å²) in [7, 11) is 0. The minimum Gasteiger partial charge on any atom is -0.349 e. The van der Waals surface area contributed by atoms with E-state index in [4.69, 9.17) is 0 Å². The first kappa shape index (κ1) is 15.6. The molecule has 122 valence electrons. The Bertz CT molecular complexity index is 691. The highest BCUT2D eigenvalue weighted by Gasteiger charge is 2.30. The van der Waals surface area contributed by atoms with Crippen LogP contribution in [-0.4, -0.2) is 28.5 Å². The molecule has 2 heterocycles. The minimum absolute atomic E-state index is 0.214. The highest BCUT2D eigenvalue weighted by Crippen LogP contribution is 2.29. The lowest BCUT2D eigenvalue weighted by atomic mass is 10.2. The molecule has 0 unspecified atom stereocenters. The van der Waals surface area contributed by atoms with Crippen molar-refractivity contribution in [1.29, 1.82) is 0 Å². The minimum atomic E-state index is -4.37. The fourth-order valence-corrected chi connectivity index (χ4v) is 2.65. The lowest BCUT2D eigenvalue weighted by molar-refractivity contribution is -0.137. The number of amides is 1. The number of rotatable bonds is 3. The lowest BCUT2D eigenvalue weighted by Crippen LogP contribution is -2.38. The highest BCUT2D eigenvalue weighted by molar-refractivity contribution is 5.92. The Morgan fingerprint density at radius 1 is 1.13 bits per heavy atom. The number of benzene rings is 1. The van der Waals surface area contributed by atoms with Crippen molar-refractivity contribution in [2.75, 3.05) is 18.4 Å². The maximum absolute atomic E-state index is 12.5. The number of hydrogen-bond donors (Lipinski definition) is 1. The monoisotopic (exact) mass is 323 g/mol. The van der Waals surface area contributed by atoms with E-state index in [2.05, 4.69) is 9.88 Å². The van der Waals surface area contributed by atoms with E-state index in [1.807, 2.05) is 23.2 Å².